The normalized spacial score (nSPS) is 17.7. The molecule has 1 fully saturated rings. The zero-order valence-electron chi connectivity index (χ0n) is 14.4. The predicted molar refractivity (Wildman–Crippen MR) is 87.2 cm³/mol. The van der Waals surface area contributed by atoms with Crippen LogP contribution < -0.4 is 5.43 Å². The molecule has 0 aliphatic carbocycles. The smallest absolute Gasteiger partial charge is 0.290 e. The van der Waals surface area contributed by atoms with Crippen LogP contribution in [0.3, 0.4) is 0 Å². The molecule has 1 unspecified atom stereocenters. The van der Waals surface area contributed by atoms with Gasteiger partial charge in [-0.05, 0) is 26.2 Å². The standard InChI is InChI=1S/C17H21N3O5/c1-11-9-12(21)10-14(24-11)17(22)20-7-4-3-5-13(20)16-18-15(19-25-16)6-8-23-2/h9-10,13H,3-8H2,1-2H3. The Morgan fingerprint density at radius 2 is 2.24 bits per heavy atom. The van der Waals surface area contributed by atoms with E-state index < -0.39 is 0 Å². The van der Waals surface area contributed by atoms with Gasteiger partial charge in [0.1, 0.15) is 11.8 Å². The Bertz CT molecular complexity index is 798. The number of carbonyl (C=O) groups is 1. The SMILES string of the molecule is COCCc1noc(C2CCCCN2C(=O)c2cc(=O)cc(C)o2)n1. The number of methoxy groups -OCH3 is 1. The van der Waals surface area contributed by atoms with E-state index in [0.29, 0.717) is 37.0 Å². The Hall–Kier alpha value is -2.48. The molecule has 25 heavy (non-hydrogen) atoms. The molecular weight excluding hydrogens is 326 g/mol. The average Bonchev–Trinajstić information content (AvgIpc) is 3.07. The highest BCUT2D eigenvalue weighted by Gasteiger charge is 2.33. The molecule has 1 atom stereocenters. The molecule has 1 aliphatic heterocycles. The average molecular weight is 347 g/mol. The highest BCUT2D eigenvalue weighted by atomic mass is 16.5. The van der Waals surface area contributed by atoms with Crippen LogP contribution in [0.5, 0.6) is 0 Å². The zero-order chi connectivity index (χ0) is 17.8. The number of carbonyl (C=O) groups excluding carboxylic acids is 1. The summed E-state index contributed by atoms with van der Waals surface area (Å²) in [6, 6.07) is 2.26. The summed E-state index contributed by atoms with van der Waals surface area (Å²) in [4.78, 5) is 30.6. The number of likely N-dealkylation sites (tertiary alicyclic amines) is 1. The van der Waals surface area contributed by atoms with Crippen molar-refractivity contribution in [2.45, 2.75) is 38.6 Å². The van der Waals surface area contributed by atoms with Gasteiger partial charge in [-0.1, -0.05) is 5.16 Å². The zero-order valence-corrected chi connectivity index (χ0v) is 14.4. The maximum atomic E-state index is 12.9. The second-order valence-electron chi connectivity index (χ2n) is 6.07. The Labute approximate surface area is 144 Å². The van der Waals surface area contributed by atoms with Crippen LogP contribution in [0.25, 0.3) is 0 Å². The van der Waals surface area contributed by atoms with Gasteiger partial charge in [0.2, 0.25) is 5.89 Å². The lowest BCUT2D eigenvalue weighted by Gasteiger charge is -2.32. The highest BCUT2D eigenvalue weighted by molar-refractivity contribution is 5.91. The van der Waals surface area contributed by atoms with Crippen LogP contribution in [0, 0.1) is 6.92 Å². The van der Waals surface area contributed by atoms with Gasteiger partial charge in [0.05, 0.1) is 6.61 Å². The Balaban J connectivity index is 1.84. The number of amides is 1. The molecule has 3 rings (SSSR count). The molecule has 2 aromatic rings. The fourth-order valence-electron chi connectivity index (χ4n) is 2.98. The first-order valence-electron chi connectivity index (χ1n) is 8.32. The van der Waals surface area contributed by atoms with Crippen LogP contribution in [0.15, 0.2) is 25.9 Å². The van der Waals surface area contributed by atoms with Gasteiger partial charge in [-0.25, -0.2) is 0 Å². The molecule has 2 aromatic heterocycles. The minimum absolute atomic E-state index is 0.0380. The number of rotatable bonds is 5. The summed E-state index contributed by atoms with van der Waals surface area (Å²) < 4.78 is 15.8. The van der Waals surface area contributed by atoms with E-state index in [2.05, 4.69) is 10.1 Å². The van der Waals surface area contributed by atoms with Crippen LogP contribution in [0.4, 0.5) is 0 Å². The molecule has 134 valence electrons. The molecule has 1 amide bonds. The summed E-state index contributed by atoms with van der Waals surface area (Å²) in [6.07, 6.45) is 3.12. The Morgan fingerprint density at radius 3 is 3.00 bits per heavy atom. The first kappa shape index (κ1) is 17.3. The van der Waals surface area contributed by atoms with Crippen LogP contribution in [0.2, 0.25) is 0 Å². The quantitative estimate of drug-likeness (QED) is 0.814. The summed E-state index contributed by atoms with van der Waals surface area (Å²) in [6.45, 7) is 2.70. The molecule has 1 aliphatic rings. The lowest BCUT2D eigenvalue weighted by molar-refractivity contribution is 0.0525. The van der Waals surface area contributed by atoms with Gasteiger partial charge in [0.25, 0.3) is 5.91 Å². The molecule has 8 heteroatoms. The molecule has 3 heterocycles. The van der Waals surface area contributed by atoms with Gasteiger partial charge in [-0.15, -0.1) is 0 Å². The third kappa shape index (κ3) is 3.96. The molecular formula is C17H21N3O5. The third-order valence-electron chi connectivity index (χ3n) is 4.16. The van der Waals surface area contributed by atoms with E-state index in [9.17, 15) is 9.59 Å². The van der Waals surface area contributed by atoms with E-state index in [4.69, 9.17) is 13.7 Å². The van der Waals surface area contributed by atoms with E-state index in [-0.39, 0.29) is 23.1 Å². The van der Waals surface area contributed by atoms with Crippen LogP contribution >= 0.6 is 0 Å². The number of aryl methyl sites for hydroxylation is 1. The maximum Gasteiger partial charge on any atom is 0.290 e. The number of hydrogen-bond acceptors (Lipinski definition) is 7. The number of nitrogens with zero attached hydrogens (tertiary/aromatic N) is 3. The molecule has 0 spiro atoms. The van der Waals surface area contributed by atoms with Crippen molar-refractivity contribution in [2.24, 2.45) is 0 Å². The molecule has 1 saturated heterocycles. The lowest BCUT2D eigenvalue weighted by Crippen LogP contribution is -2.39. The fraction of sp³-hybridized carbons (Fsp3) is 0.529. The van der Waals surface area contributed by atoms with E-state index in [1.807, 2.05) is 0 Å². The van der Waals surface area contributed by atoms with Crippen LogP contribution in [-0.2, 0) is 11.2 Å². The summed E-state index contributed by atoms with van der Waals surface area (Å²) in [5.74, 6) is 1.08. The highest BCUT2D eigenvalue weighted by Crippen LogP contribution is 2.31. The minimum atomic E-state index is -0.331. The summed E-state index contributed by atoms with van der Waals surface area (Å²) in [5, 5.41) is 3.95. The van der Waals surface area contributed by atoms with Crippen molar-refractivity contribution in [3.8, 4) is 0 Å². The van der Waals surface area contributed by atoms with Gasteiger partial charge in [-0.3, -0.25) is 9.59 Å². The molecule has 8 nitrogen and oxygen atoms in total. The first-order valence-corrected chi connectivity index (χ1v) is 8.32. The number of aromatic nitrogens is 2. The predicted octanol–water partition coefficient (Wildman–Crippen LogP) is 1.89. The van der Waals surface area contributed by atoms with Crippen molar-refractivity contribution >= 4 is 5.91 Å². The number of piperidine rings is 1. The minimum Gasteiger partial charge on any atom is -0.456 e. The summed E-state index contributed by atoms with van der Waals surface area (Å²) in [7, 11) is 1.61. The van der Waals surface area contributed by atoms with Crippen LogP contribution in [-0.4, -0.2) is 41.2 Å². The second-order valence-corrected chi connectivity index (χ2v) is 6.07. The van der Waals surface area contributed by atoms with Crippen molar-refractivity contribution in [1.29, 1.82) is 0 Å². The van der Waals surface area contributed by atoms with E-state index >= 15 is 0 Å². The van der Waals surface area contributed by atoms with Gasteiger partial charge >= 0.3 is 0 Å². The van der Waals surface area contributed by atoms with Gasteiger partial charge in [0, 0.05) is 32.2 Å². The topological polar surface area (TPSA) is 98.7 Å². The van der Waals surface area contributed by atoms with Crippen molar-refractivity contribution < 1.29 is 18.5 Å². The van der Waals surface area contributed by atoms with Crippen LogP contribution in [0.1, 0.15) is 53.3 Å². The van der Waals surface area contributed by atoms with Gasteiger partial charge < -0.3 is 18.6 Å². The number of hydrogen-bond donors (Lipinski definition) is 0. The summed E-state index contributed by atoms with van der Waals surface area (Å²) >= 11 is 0. The first-order chi connectivity index (χ1) is 12.1. The molecule has 0 saturated carbocycles. The number of ether oxygens (including phenoxy) is 1. The molecule has 0 N–H and O–H groups in total. The van der Waals surface area contributed by atoms with Crippen molar-refractivity contribution in [2.75, 3.05) is 20.3 Å². The van der Waals surface area contributed by atoms with E-state index in [1.54, 1.807) is 18.9 Å². The van der Waals surface area contributed by atoms with E-state index in [0.717, 1.165) is 19.3 Å². The molecule has 0 radical (unpaired) electrons. The molecule has 0 aromatic carbocycles. The Morgan fingerprint density at radius 1 is 1.40 bits per heavy atom. The summed E-state index contributed by atoms with van der Waals surface area (Å²) in [5.41, 5.74) is -0.250. The fourth-order valence-corrected chi connectivity index (χ4v) is 2.98. The van der Waals surface area contributed by atoms with Crippen molar-refractivity contribution in [3.05, 3.63) is 45.6 Å². The van der Waals surface area contributed by atoms with E-state index in [1.165, 1.54) is 12.1 Å². The van der Waals surface area contributed by atoms with Gasteiger partial charge in [0.15, 0.2) is 17.0 Å². The van der Waals surface area contributed by atoms with Gasteiger partial charge in [-0.2, -0.15) is 4.98 Å². The lowest BCUT2D eigenvalue weighted by atomic mass is 10.0. The Kier molecular flexibility index (Phi) is 5.28. The third-order valence-corrected chi connectivity index (χ3v) is 4.16. The second kappa shape index (κ2) is 7.60. The van der Waals surface area contributed by atoms with Crippen molar-refractivity contribution in [1.82, 2.24) is 15.0 Å². The monoisotopic (exact) mass is 347 g/mol. The maximum absolute atomic E-state index is 12.9. The van der Waals surface area contributed by atoms with Crippen molar-refractivity contribution in [3.63, 3.8) is 0 Å². The molecule has 0 bridgehead atoms. The largest absolute Gasteiger partial charge is 0.456 e.